The van der Waals surface area contributed by atoms with Crippen LogP contribution in [0.3, 0.4) is 0 Å². The molecule has 1 aromatic heterocycles. The van der Waals surface area contributed by atoms with Crippen molar-refractivity contribution >= 4 is 20.9 Å². The first-order valence-electron chi connectivity index (χ1n) is 6.95. The van der Waals surface area contributed by atoms with Crippen molar-refractivity contribution in [2.24, 2.45) is 7.05 Å². The quantitative estimate of drug-likeness (QED) is 0.910. The topological polar surface area (TPSA) is 64.0 Å². The SMILES string of the molecule is CNC(Cc1nc2ccccc2n1C)C(C)(C)S(C)(=O)=O. The molecular formula is C15H23N3O2S. The molecule has 0 aliphatic heterocycles. The zero-order valence-electron chi connectivity index (χ0n) is 13.2. The second-order valence-corrected chi connectivity index (χ2v) is 8.59. The molecule has 1 heterocycles. The van der Waals surface area contributed by atoms with Gasteiger partial charge in [-0.1, -0.05) is 12.1 Å². The highest BCUT2D eigenvalue weighted by Crippen LogP contribution is 2.24. The minimum absolute atomic E-state index is 0.206. The number of hydrogen-bond donors (Lipinski definition) is 1. The summed E-state index contributed by atoms with van der Waals surface area (Å²) in [5.74, 6) is 0.882. The molecule has 1 aromatic carbocycles. The number of para-hydroxylation sites is 2. The second kappa shape index (κ2) is 5.42. The van der Waals surface area contributed by atoms with E-state index >= 15 is 0 Å². The Morgan fingerprint density at radius 1 is 1.33 bits per heavy atom. The van der Waals surface area contributed by atoms with Gasteiger partial charge in [-0.2, -0.15) is 0 Å². The van der Waals surface area contributed by atoms with Crippen LogP contribution in [0.5, 0.6) is 0 Å². The van der Waals surface area contributed by atoms with Gasteiger partial charge < -0.3 is 9.88 Å². The Hall–Kier alpha value is -1.40. The molecule has 0 aliphatic carbocycles. The number of aryl methyl sites for hydroxylation is 1. The molecule has 1 atom stereocenters. The Morgan fingerprint density at radius 2 is 1.95 bits per heavy atom. The van der Waals surface area contributed by atoms with E-state index in [-0.39, 0.29) is 6.04 Å². The number of nitrogens with zero attached hydrogens (tertiary/aromatic N) is 2. The standard InChI is InChI=1S/C15H23N3O2S/c1-15(2,21(5,19)20)13(16-3)10-14-17-11-8-6-7-9-12(11)18(14)4/h6-9,13,16H,10H2,1-5H3. The van der Waals surface area contributed by atoms with E-state index in [4.69, 9.17) is 0 Å². The van der Waals surface area contributed by atoms with Crippen molar-refractivity contribution in [3.8, 4) is 0 Å². The van der Waals surface area contributed by atoms with Crippen LogP contribution >= 0.6 is 0 Å². The van der Waals surface area contributed by atoms with E-state index in [0.717, 1.165) is 16.9 Å². The Bertz CT molecular complexity index is 747. The molecule has 0 aliphatic rings. The van der Waals surface area contributed by atoms with Crippen molar-refractivity contribution in [3.63, 3.8) is 0 Å². The fourth-order valence-corrected chi connectivity index (χ4v) is 3.23. The number of likely N-dealkylation sites (N-methyl/N-ethyl adjacent to an activating group) is 1. The molecule has 0 amide bonds. The summed E-state index contributed by atoms with van der Waals surface area (Å²) in [6.45, 7) is 3.51. The summed E-state index contributed by atoms with van der Waals surface area (Å²) in [4.78, 5) is 4.62. The van der Waals surface area contributed by atoms with Gasteiger partial charge in [-0.15, -0.1) is 0 Å². The molecule has 0 spiro atoms. The molecule has 6 heteroatoms. The zero-order chi connectivity index (χ0) is 15.8. The molecule has 0 saturated heterocycles. The highest BCUT2D eigenvalue weighted by atomic mass is 32.2. The molecule has 2 rings (SSSR count). The summed E-state index contributed by atoms with van der Waals surface area (Å²) in [5.41, 5.74) is 1.99. The lowest BCUT2D eigenvalue weighted by atomic mass is 9.99. The first-order chi connectivity index (χ1) is 9.68. The summed E-state index contributed by atoms with van der Waals surface area (Å²) in [6, 6.07) is 7.71. The van der Waals surface area contributed by atoms with Crippen molar-refractivity contribution in [1.29, 1.82) is 0 Å². The van der Waals surface area contributed by atoms with Crippen molar-refractivity contribution in [3.05, 3.63) is 30.1 Å². The number of fused-ring (bicyclic) bond motifs is 1. The smallest absolute Gasteiger partial charge is 0.154 e. The van der Waals surface area contributed by atoms with Crippen LogP contribution in [0, 0.1) is 0 Å². The number of aromatic nitrogens is 2. The van der Waals surface area contributed by atoms with Gasteiger partial charge >= 0.3 is 0 Å². The predicted octanol–water partition coefficient (Wildman–Crippen LogP) is 1.53. The molecule has 1 N–H and O–H groups in total. The van der Waals surface area contributed by atoms with Crippen LogP contribution in [0.2, 0.25) is 0 Å². The highest BCUT2D eigenvalue weighted by molar-refractivity contribution is 7.92. The monoisotopic (exact) mass is 309 g/mol. The number of sulfone groups is 1. The number of hydrogen-bond acceptors (Lipinski definition) is 4. The van der Waals surface area contributed by atoms with Crippen molar-refractivity contribution < 1.29 is 8.42 Å². The average molecular weight is 309 g/mol. The van der Waals surface area contributed by atoms with Crippen LogP contribution in [0.4, 0.5) is 0 Å². The van der Waals surface area contributed by atoms with Crippen LogP contribution in [-0.2, 0) is 23.3 Å². The lowest BCUT2D eigenvalue weighted by molar-refractivity contribution is 0.422. The van der Waals surface area contributed by atoms with E-state index in [9.17, 15) is 8.42 Å². The van der Waals surface area contributed by atoms with Crippen LogP contribution in [0.25, 0.3) is 11.0 Å². The average Bonchev–Trinajstić information content (AvgIpc) is 2.72. The normalized spacial score (nSPS) is 14.5. The largest absolute Gasteiger partial charge is 0.331 e. The van der Waals surface area contributed by atoms with Crippen LogP contribution in [-0.4, -0.2) is 42.1 Å². The molecule has 2 aromatic rings. The van der Waals surface area contributed by atoms with Crippen LogP contribution < -0.4 is 5.32 Å². The Morgan fingerprint density at radius 3 is 2.48 bits per heavy atom. The van der Waals surface area contributed by atoms with E-state index in [1.54, 1.807) is 20.9 Å². The van der Waals surface area contributed by atoms with E-state index in [0.29, 0.717) is 6.42 Å². The van der Waals surface area contributed by atoms with Gasteiger partial charge in [0.25, 0.3) is 0 Å². The fraction of sp³-hybridized carbons (Fsp3) is 0.533. The lowest BCUT2D eigenvalue weighted by Crippen LogP contribution is -2.51. The summed E-state index contributed by atoms with van der Waals surface area (Å²) in [5, 5.41) is 3.14. The fourth-order valence-electron chi connectivity index (χ4n) is 2.51. The molecule has 0 bridgehead atoms. The minimum Gasteiger partial charge on any atom is -0.331 e. The third-order valence-electron chi connectivity index (χ3n) is 4.41. The van der Waals surface area contributed by atoms with Crippen molar-refractivity contribution in [1.82, 2.24) is 14.9 Å². The lowest BCUT2D eigenvalue weighted by Gasteiger charge is -2.32. The van der Waals surface area contributed by atoms with Crippen LogP contribution in [0.1, 0.15) is 19.7 Å². The number of nitrogens with one attached hydrogen (secondary N) is 1. The molecule has 116 valence electrons. The summed E-state index contributed by atoms with van der Waals surface area (Å²) in [6.07, 6.45) is 1.84. The first kappa shape index (κ1) is 16.0. The molecule has 0 fully saturated rings. The molecule has 0 saturated carbocycles. The minimum atomic E-state index is -3.18. The molecule has 0 radical (unpaired) electrons. The number of imidazole rings is 1. The van der Waals surface area contributed by atoms with Crippen LogP contribution in [0.15, 0.2) is 24.3 Å². The van der Waals surface area contributed by atoms with Crippen molar-refractivity contribution in [2.45, 2.75) is 31.1 Å². The number of benzene rings is 1. The van der Waals surface area contributed by atoms with Gasteiger partial charge in [-0.3, -0.25) is 0 Å². The maximum atomic E-state index is 12.0. The highest BCUT2D eigenvalue weighted by Gasteiger charge is 2.38. The van der Waals surface area contributed by atoms with E-state index in [1.807, 2.05) is 35.9 Å². The van der Waals surface area contributed by atoms with Gasteiger partial charge in [0.1, 0.15) is 5.82 Å². The molecule has 1 unspecified atom stereocenters. The predicted molar refractivity (Wildman–Crippen MR) is 86.2 cm³/mol. The maximum absolute atomic E-state index is 12.0. The Labute approximate surface area is 126 Å². The third kappa shape index (κ3) is 2.82. The third-order valence-corrected chi connectivity index (χ3v) is 6.61. The van der Waals surface area contributed by atoms with Gasteiger partial charge in [-0.05, 0) is 33.0 Å². The van der Waals surface area contributed by atoms with E-state index in [2.05, 4.69) is 10.3 Å². The van der Waals surface area contributed by atoms with Gasteiger partial charge in [0, 0.05) is 25.8 Å². The Balaban J connectivity index is 2.40. The maximum Gasteiger partial charge on any atom is 0.154 e. The second-order valence-electron chi connectivity index (χ2n) is 6.00. The summed E-state index contributed by atoms with van der Waals surface area (Å²) >= 11 is 0. The molecule has 21 heavy (non-hydrogen) atoms. The van der Waals surface area contributed by atoms with Gasteiger partial charge in [0.15, 0.2) is 9.84 Å². The summed E-state index contributed by atoms with van der Waals surface area (Å²) < 4.78 is 25.2. The van der Waals surface area contributed by atoms with Gasteiger partial charge in [-0.25, -0.2) is 13.4 Å². The molecular weight excluding hydrogens is 286 g/mol. The van der Waals surface area contributed by atoms with Gasteiger partial charge in [0.05, 0.1) is 15.8 Å². The Kier molecular flexibility index (Phi) is 4.13. The van der Waals surface area contributed by atoms with Crippen molar-refractivity contribution in [2.75, 3.05) is 13.3 Å². The summed E-state index contributed by atoms with van der Waals surface area (Å²) in [7, 11) is 0.579. The zero-order valence-corrected chi connectivity index (χ0v) is 14.0. The molecule has 5 nitrogen and oxygen atoms in total. The van der Waals surface area contributed by atoms with E-state index < -0.39 is 14.6 Å². The van der Waals surface area contributed by atoms with E-state index in [1.165, 1.54) is 6.26 Å². The van der Waals surface area contributed by atoms with Gasteiger partial charge in [0.2, 0.25) is 0 Å². The number of rotatable bonds is 5. The first-order valence-corrected chi connectivity index (χ1v) is 8.85.